The summed E-state index contributed by atoms with van der Waals surface area (Å²) in [5.74, 6) is 0.823. The maximum atomic E-state index is 11.7. The number of rotatable bonds is 4. The van der Waals surface area contributed by atoms with Gasteiger partial charge in [-0.3, -0.25) is 4.79 Å². The lowest BCUT2D eigenvalue weighted by Gasteiger charge is -2.36. The molecule has 6 heteroatoms. The van der Waals surface area contributed by atoms with E-state index >= 15 is 0 Å². The smallest absolute Gasteiger partial charge is 0.228 e. The second kappa shape index (κ2) is 5.38. The minimum Gasteiger partial charge on any atom is -0.393 e. The molecule has 0 radical (unpaired) electrons. The minimum atomic E-state index is -0.279. The van der Waals surface area contributed by atoms with E-state index in [0.29, 0.717) is 19.5 Å². The summed E-state index contributed by atoms with van der Waals surface area (Å²) in [5, 5.41) is 13.2. The van der Waals surface area contributed by atoms with Crippen LogP contribution in [-0.4, -0.2) is 41.7 Å². The Kier molecular flexibility index (Phi) is 3.86. The molecule has 1 saturated heterocycles. The fourth-order valence-corrected chi connectivity index (χ4v) is 2.45. The zero-order chi connectivity index (χ0) is 12.3. The molecule has 1 N–H and O–H groups in total. The number of carbonyl (C=O) groups is 1. The number of amides is 1. The third-order valence-corrected chi connectivity index (χ3v) is 3.65. The number of hydrogen-bond donors (Lipinski definition) is 1. The number of aliphatic hydroxyl groups is 1. The lowest BCUT2D eigenvalue weighted by Crippen LogP contribution is -2.46. The first-order chi connectivity index (χ1) is 8.20. The number of likely N-dealkylation sites (tertiary alicyclic amines) is 1. The molecular formula is C11H18N4O2. The first-order valence-corrected chi connectivity index (χ1v) is 6.17. The molecule has 2 fully saturated rings. The van der Waals surface area contributed by atoms with Gasteiger partial charge in [-0.1, -0.05) is 18.0 Å². The van der Waals surface area contributed by atoms with E-state index in [0.717, 1.165) is 12.3 Å². The van der Waals surface area contributed by atoms with Crippen molar-refractivity contribution < 1.29 is 9.90 Å². The average Bonchev–Trinajstić information content (AvgIpc) is 3.13. The zero-order valence-corrected chi connectivity index (χ0v) is 9.83. The van der Waals surface area contributed by atoms with E-state index in [1.807, 2.05) is 0 Å². The summed E-state index contributed by atoms with van der Waals surface area (Å²) < 4.78 is 0. The quantitative estimate of drug-likeness (QED) is 0.454. The van der Waals surface area contributed by atoms with Crippen molar-refractivity contribution >= 4 is 5.91 Å². The zero-order valence-electron chi connectivity index (χ0n) is 9.83. The average molecular weight is 238 g/mol. The predicted molar refractivity (Wildman–Crippen MR) is 62.0 cm³/mol. The molecule has 0 bridgehead atoms. The van der Waals surface area contributed by atoms with Crippen LogP contribution < -0.4 is 0 Å². The molecule has 2 aliphatic rings. The third kappa shape index (κ3) is 3.35. The van der Waals surface area contributed by atoms with Crippen LogP contribution >= 0.6 is 0 Å². The number of aliphatic hydroxyl groups excluding tert-OH is 1. The Morgan fingerprint density at radius 2 is 2.24 bits per heavy atom. The molecule has 1 aliphatic heterocycles. The van der Waals surface area contributed by atoms with Crippen molar-refractivity contribution in [2.45, 2.75) is 31.8 Å². The standard InChI is InChI=1S/C11H18N4O2/c12-14-13-6-11(17)15-4-3-10(16)9(7-15)5-8-1-2-8/h8-10,16H,1-7H2/t9-,10-/m1/s1. The van der Waals surface area contributed by atoms with E-state index in [-0.39, 0.29) is 24.5 Å². The van der Waals surface area contributed by atoms with Gasteiger partial charge < -0.3 is 10.0 Å². The van der Waals surface area contributed by atoms with E-state index in [1.165, 1.54) is 12.8 Å². The van der Waals surface area contributed by atoms with Crippen molar-refractivity contribution in [2.75, 3.05) is 19.6 Å². The molecule has 0 aromatic heterocycles. The number of piperidine rings is 1. The Morgan fingerprint density at radius 1 is 1.47 bits per heavy atom. The Bertz CT molecular complexity index is 336. The lowest BCUT2D eigenvalue weighted by atomic mass is 9.90. The van der Waals surface area contributed by atoms with Crippen molar-refractivity contribution in [3.63, 3.8) is 0 Å². The first kappa shape index (κ1) is 12.2. The monoisotopic (exact) mass is 238 g/mol. The van der Waals surface area contributed by atoms with Gasteiger partial charge in [-0.05, 0) is 24.3 Å². The first-order valence-electron chi connectivity index (χ1n) is 6.17. The summed E-state index contributed by atoms with van der Waals surface area (Å²) in [6.45, 7) is 1.07. The van der Waals surface area contributed by atoms with Gasteiger partial charge >= 0.3 is 0 Å². The number of hydrogen-bond acceptors (Lipinski definition) is 3. The molecule has 0 aromatic rings. The van der Waals surface area contributed by atoms with Gasteiger partial charge in [0.1, 0.15) is 6.54 Å². The van der Waals surface area contributed by atoms with Crippen molar-refractivity contribution in [1.29, 1.82) is 0 Å². The van der Waals surface area contributed by atoms with Gasteiger partial charge in [0.15, 0.2) is 0 Å². The van der Waals surface area contributed by atoms with E-state index in [4.69, 9.17) is 5.53 Å². The SMILES string of the molecule is [N-]=[N+]=NCC(=O)N1CC[C@@H](O)[C@H](CC2CC2)C1. The van der Waals surface area contributed by atoms with Crippen LogP contribution in [0.5, 0.6) is 0 Å². The van der Waals surface area contributed by atoms with Crippen molar-refractivity contribution in [2.24, 2.45) is 17.0 Å². The number of azide groups is 1. The lowest BCUT2D eigenvalue weighted by molar-refractivity contribution is -0.133. The number of carbonyl (C=O) groups excluding carboxylic acids is 1. The summed E-state index contributed by atoms with van der Waals surface area (Å²) in [5.41, 5.74) is 8.18. The highest BCUT2D eigenvalue weighted by molar-refractivity contribution is 5.78. The van der Waals surface area contributed by atoms with Crippen LogP contribution in [0.1, 0.15) is 25.7 Å². The Balaban J connectivity index is 1.86. The van der Waals surface area contributed by atoms with Crippen molar-refractivity contribution in [3.05, 3.63) is 10.4 Å². The van der Waals surface area contributed by atoms with Gasteiger partial charge in [0, 0.05) is 23.9 Å². The van der Waals surface area contributed by atoms with Gasteiger partial charge in [0.05, 0.1) is 6.10 Å². The molecule has 2 rings (SSSR count). The maximum absolute atomic E-state index is 11.7. The summed E-state index contributed by atoms with van der Waals surface area (Å²) in [7, 11) is 0. The molecule has 1 saturated carbocycles. The largest absolute Gasteiger partial charge is 0.393 e. The van der Waals surface area contributed by atoms with E-state index in [1.54, 1.807) is 4.90 Å². The molecular weight excluding hydrogens is 220 g/mol. The van der Waals surface area contributed by atoms with Crippen LogP contribution in [0.4, 0.5) is 0 Å². The predicted octanol–water partition coefficient (Wildman–Crippen LogP) is 1.31. The highest BCUT2D eigenvalue weighted by Crippen LogP contribution is 2.37. The molecule has 0 spiro atoms. The molecule has 94 valence electrons. The van der Waals surface area contributed by atoms with E-state index in [9.17, 15) is 9.90 Å². The molecule has 1 heterocycles. The Labute approximate surface area is 100 Å². The van der Waals surface area contributed by atoms with Crippen LogP contribution in [0.15, 0.2) is 5.11 Å². The molecule has 6 nitrogen and oxygen atoms in total. The summed E-state index contributed by atoms with van der Waals surface area (Å²) >= 11 is 0. The maximum Gasteiger partial charge on any atom is 0.228 e. The Morgan fingerprint density at radius 3 is 2.88 bits per heavy atom. The third-order valence-electron chi connectivity index (χ3n) is 3.65. The molecule has 1 aliphatic carbocycles. The molecule has 17 heavy (non-hydrogen) atoms. The van der Waals surface area contributed by atoms with Gasteiger partial charge in [0.25, 0.3) is 0 Å². The number of nitrogens with zero attached hydrogens (tertiary/aromatic N) is 4. The molecule has 0 aromatic carbocycles. The fraction of sp³-hybridized carbons (Fsp3) is 0.909. The van der Waals surface area contributed by atoms with Crippen molar-refractivity contribution in [1.82, 2.24) is 4.90 Å². The highest BCUT2D eigenvalue weighted by Gasteiger charge is 2.34. The van der Waals surface area contributed by atoms with Crippen LogP contribution in [0.2, 0.25) is 0 Å². The van der Waals surface area contributed by atoms with Gasteiger partial charge in [-0.15, -0.1) is 0 Å². The van der Waals surface area contributed by atoms with Gasteiger partial charge in [-0.2, -0.15) is 0 Å². The minimum absolute atomic E-state index is 0.108. The summed E-state index contributed by atoms with van der Waals surface area (Å²) in [6.07, 6.45) is 3.90. The molecule has 2 atom stereocenters. The second-order valence-corrected chi connectivity index (χ2v) is 5.02. The Hall–Kier alpha value is -1.26. The highest BCUT2D eigenvalue weighted by atomic mass is 16.3. The summed E-state index contributed by atoms with van der Waals surface area (Å²) in [6, 6.07) is 0. The van der Waals surface area contributed by atoms with E-state index in [2.05, 4.69) is 10.0 Å². The second-order valence-electron chi connectivity index (χ2n) is 5.02. The fourth-order valence-electron chi connectivity index (χ4n) is 2.45. The van der Waals surface area contributed by atoms with Gasteiger partial charge in [-0.25, -0.2) is 0 Å². The summed E-state index contributed by atoms with van der Waals surface area (Å²) in [4.78, 5) is 16.0. The van der Waals surface area contributed by atoms with E-state index < -0.39 is 0 Å². The van der Waals surface area contributed by atoms with Gasteiger partial charge in [0.2, 0.25) is 5.91 Å². The van der Waals surface area contributed by atoms with Crippen LogP contribution in [0, 0.1) is 11.8 Å². The van der Waals surface area contributed by atoms with Crippen LogP contribution in [0.3, 0.4) is 0 Å². The van der Waals surface area contributed by atoms with Crippen LogP contribution in [-0.2, 0) is 4.79 Å². The van der Waals surface area contributed by atoms with Crippen molar-refractivity contribution in [3.8, 4) is 0 Å². The normalized spacial score (nSPS) is 28.6. The molecule has 1 amide bonds. The molecule has 0 unspecified atom stereocenters. The van der Waals surface area contributed by atoms with Crippen LogP contribution in [0.25, 0.3) is 10.4 Å². The topological polar surface area (TPSA) is 89.3 Å².